The van der Waals surface area contributed by atoms with Gasteiger partial charge in [0.05, 0.1) is 13.2 Å². The number of fused-ring (bicyclic) bond motifs is 1. The number of H-pyrrole nitrogens is 1. The van der Waals surface area contributed by atoms with Gasteiger partial charge in [-0.05, 0) is 26.0 Å². The second kappa shape index (κ2) is 8.19. The number of rotatable bonds is 3. The van der Waals surface area contributed by atoms with Gasteiger partial charge in [-0.3, -0.25) is 9.69 Å². The van der Waals surface area contributed by atoms with Crippen molar-refractivity contribution >= 4 is 34.0 Å². The zero-order chi connectivity index (χ0) is 19.7. The van der Waals surface area contributed by atoms with Crippen LogP contribution in [0.3, 0.4) is 0 Å². The zero-order valence-corrected chi connectivity index (χ0v) is 17.4. The second-order valence-electron chi connectivity index (χ2n) is 7.79. The van der Waals surface area contributed by atoms with Crippen molar-refractivity contribution in [2.75, 3.05) is 52.5 Å². The Morgan fingerprint density at radius 2 is 1.79 bits per heavy atom. The fourth-order valence-corrected chi connectivity index (χ4v) is 4.35. The molecule has 0 bridgehead atoms. The Morgan fingerprint density at radius 1 is 1.07 bits per heavy atom. The van der Waals surface area contributed by atoms with Gasteiger partial charge in [0.25, 0.3) is 5.91 Å². The molecule has 0 unspecified atom stereocenters. The van der Waals surface area contributed by atoms with Gasteiger partial charge < -0.3 is 19.5 Å². The van der Waals surface area contributed by atoms with Crippen LogP contribution in [0.4, 0.5) is 0 Å². The molecular weight excluding hydrogens is 372 g/mol. The fraction of sp³-hybridized carbons (Fsp3) is 0.524. The van der Waals surface area contributed by atoms with Gasteiger partial charge in [0, 0.05) is 73.5 Å². The molecule has 0 aliphatic carbocycles. The molecule has 1 aromatic heterocycles. The second-order valence-corrected chi connectivity index (χ2v) is 8.18. The molecule has 1 amide bonds. The molecule has 2 aliphatic rings. The van der Waals surface area contributed by atoms with Gasteiger partial charge >= 0.3 is 0 Å². The molecule has 0 atom stereocenters. The predicted molar refractivity (Wildman–Crippen MR) is 115 cm³/mol. The van der Waals surface area contributed by atoms with Crippen LogP contribution in [0.5, 0.6) is 0 Å². The van der Waals surface area contributed by atoms with Gasteiger partial charge in [-0.1, -0.05) is 18.3 Å². The number of aromatic nitrogens is 1. The van der Waals surface area contributed by atoms with Gasteiger partial charge in [0.15, 0.2) is 0 Å². The van der Waals surface area contributed by atoms with Crippen LogP contribution in [-0.2, 0) is 4.74 Å². The Balaban J connectivity index is 1.49. The molecule has 1 N–H and O–H groups in total. The van der Waals surface area contributed by atoms with Crippen LogP contribution in [0.25, 0.3) is 10.9 Å². The number of aromatic amines is 1. The standard InChI is InChI=1S/C21H28N4O2S/c1-15(2)23-5-7-24(8-6-23)20(26)16-3-4-17-18(14-22-19(17)13-16)21(28)25-9-11-27-12-10-25/h3-4,13-15,22H,5-12H2,1-2H3. The first-order valence-electron chi connectivity index (χ1n) is 10.1. The monoisotopic (exact) mass is 400 g/mol. The van der Waals surface area contributed by atoms with Crippen molar-refractivity contribution in [3.8, 4) is 0 Å². The molecule has 0 radical (unpaired) electrons. The van der Waals surface area contributed by atoms with Gasteiger partial charge in [0.2, 0.25) is 0 Å². The lowest BCUT2D eigenvalue weighted by Gasteiger charge is -2.37. The SMILES string of the molecule is CC(C)N1CCN(C(=O)c2ccc3c(C(=S)N4CCOCC4)c[nH]c3c2)CC1. The maximum absolute atomic E-state index is 13.0. The highest BCUT2D eigenvalue weighted by Crippen LogP contribution is 2.23. The quantitative estimate of drug-likeness (QED) is 0.802. The summed E-state index contributed by atoms with van der Waals surface area (Å²) in [6.07, 6.45) is 1.96. The summed E-state index contributed by atoms with van der Waals surface area (Å²) in [5.74, 6) is 0.109. The van der Waals surface area contributed by atoms with Crippen molar-refractivity contribution in [2.45, 2.75) is 19.9 Å². The van der Waals surface area contributed by atoms with Gasteiger partial charge in [-0.2, -0.15) is 0 Å². The minimum Gasteiger partial charge on any atom is -0.378 e. The number of nitrogens with zero attached hydrogens (tertiary/aromatic N) is 3. The first-order chi connectivity index (χ1) is 13.5. The van der Waals surface area contributed by atoms with E-state index in [9.17, 15) is 4.79 Å². The summed E-state index contributed by atoms with van der Waals surface area (Å²) >= 11 is 5.71. The molecule has 4 rings (SSSR count). The van der Waals surface area contributed by atoms with E-state index in [1.54, 1.807) is 0 Å². The van der Waals surface area contributed by atoms with Gasteiger partial charge in [-0.15, -0.1) is 0 Å². The normalized spacial score (nSPS) is 18.8. The van der Waals surface area contributed by atoms with E-state index >= 15 is 0 Å². The highest BCUT2D eigenvalue weighted by atomic mass is 32.1. The number of amides is 1. The van der Waals surface area contributed by atoms with Gasteiger partial charge in [-0.25, -0.2) is 0 Å². The maximum Gasteiger partial charge on any atom is 0.254 e. The molecule has 3 heterocycles. The third-order valence-corrected chi connectivity index (χ3v) is 6.27. The highest BCUT2D eigenvalue weighted by molar-refractivity contribution is 7.80. The van der Waals surface area contributed by atoms with Crippen molar-refractivity contribution in [3.63, 3.8) is 0 Å². The number of piperazine rings is 1. The smallest absolute Gasteiger partial charge is 0.254 e. The number of hydrogen-bond acceptors (Lipinski definition) is 4. The molecule has 150 valence electrons. The number of hydrogen-bond donors (Lipinski definition) is 1. The van der Waals surface area contributed by atoms with Crippen LogP contribution in [0.15, 0.2) is 24.4 Å². The van der Waals surface area contributed by atoms with E-state index in [1.165, 1.54) is 0 Å². The number of morpholine rings is 1. The number of ether oxygens (including phenoxy) is 1. The molecular formula is C21H28N4O2S. The molecule has 2 aromatic rings. The molecule has 7 heteroatoms. The van der Waals surface area contributed by atoms with Crippen LogP contribution >= 0.6 is 12.2 Å². The van der Waals surface area contributed by atoms with Crippen LogP contribution in [0, 0.1) is 0 Å². The van der Waals surface area contributed by atoms with Crippen molar-refractivity contribution < 1.29 is 9.53 Å². The topological polar surface area (TPSA) is 51.8 Å². The average Bonchev–Trinajstić information content (AvgIpc) is 3.16. The minimum atomic E-state index is 0.109. The summed E-state index contributed by atoms with van der Waals surface area (Å²) in [4.78, 5) is 23.7. The summed E-state index contributed by atoms with van der Waals surface area (Å²) in [6.45, 7) is 10.9. The molecule has 0 spiro atoms. The number of thiocarbonyl (C=S) groups is 1. The van der Waals surface area contributed by atoms with Crippen molar-refractivity contribution in [2.24, 2.45) is 0 Å². The van der Waals surface area contributed by atoms with E-state index in [4.69, 9.17) is 17.0 Å². The first-order valence-corrected chi connectivity index (χ1v) is 10.5. The fourth-order valence-electron chi connectivity index (χ4n) is 4.00. The predicted octanol–water partition coefficient (Wildman–Crippen LogP) is 2.34. The number of nitrogens with one attached hydrogen (secondary N) is 1. The Morgan fingerprint density at radius 3 is 2.46 bits per heavy atom. The number of benzene rings is 1. The van der Waals surface area contributed by atoms with E-state index in [-0.39, 0.29) is 5.91 Å². The summed E-state index contributed by atoms with van der Waals surface area (Å²) < 4.78 is 5.42. The van der Waals surface area contributed by atoms with Crippen molar-refractivity contribution in [1.82, 2.24) is 19.7 Å². The molecule has 0 saturated carbocycles. The van der Waals surface area contributed by atoms with Crippen molar-refractivity contribution in [1.29, 1.82) is 0 Å². The lowest BCUT2D eigenvalue weighted by molar-refractivity contribution is 0.0595. The Hall–Kier alpha value is -1.96. The zero-order valence-electron chi connectivity index (χ0n) is 16.6. The highest BCUT2D eigenvalue weighted by Gasteiger charge is 2.24. The van der Waals surface area contributed by atoms with Crippen molar-refractivity contribution in [3.05, 3.63) is 35.5 Å². The summed E-state index contributed by atoms with van der Waals surface area (Å²) in [5, 5.41) is 1.07. The minimum absolute atomic E-state index is 0.109. The third kappa shape index (κ3) is 3.79. The number of carbonyl (C=O) groups excluding carboxylic acids is 1. The Kier molecular flexibility index (Phi) is 5.66. The van der Waals surface area contributed by atoms with Gasteiger partial charge in [0.1, 0.15) is 4.99 Å². The molecule has 2 saturated heterocycles. The van der Waals surface area contributed by atoms with E-state index in [2.05, 4.69) is 28.6 Å². The molecule has 2 aliphatic heterocycles. The van der Waals surface area contributed by atoms with E-state index in [1.807, 2.05) is 29.3 Å². The van der Waals surface area contributed by atoms with E-state index in [0.717, 1.165) is 66.3 Å². The molecule has 1 aromatic carbocycles. The molecule has 2 fully saturated rings. The molecule has 28 heavy (non-hydrogen) atoms. The van der Waals surface area contributed by atoms with Crippen LogP contribution in [-0.4, -0.2) is 89.1 Å². The lowest BCUT2D eigenvalue weighted by Crippen LogP contribution is -2.50. The third-order valence-electron chi connectivity index (χ3n) is 5.79. The van der Waals surface area contributed by atoms with Crippen LogP contribution in [0.1, 0.15) is 29.8 Å². The average molecular weight is 401 g/mol. The summed E-state index contributed by atoms with van der Waals surface area (Å²) in [6, 6.07) is 6.43. The van der Waals surface area contributed by atoms with Crippen LogP contribution < -0.4 is 0 Å². The first kappa shape index (κ1) is 19.4. The summed E-state index contributed by atoms with van der Waals surface area (Å²) in [7, 11) is 0. The number of carbonyl (C=O) groups is 1. The molecule has 6 nitrogen and oxygen atoms in total. The Labute approximate surface area is 171 Å². The summed E-state index contributed by atoms with van der Waals surface area (Å²) in [5.41, 5.74) is 2.71. The van der Waals surface area contributed by atoms with E-state index in [0.29, 0.717) is 19.3 Å². The maximum atomic E-state index is 13.0. The lowest BCUT2D eigenvalue weighted by atomic mass is 10.1. The Bertz CT molecular complexity index is 864. The largest absolute Gasteiger partial charge is 0.378 e. The van der Waals surface area contributed by atoms with Crippen LogP contribution in [0.2, 0.25) is 0 Å². The van der Waals surface area contributed by atoms with E-state index < -0.39 is 0 Å².